The highest BCUT2D eigenvalue weighted by molar-refractivity contribution is 7.90. The molecular weight excluding hydrogens is 446 g/mol. The Balaban J connectivity index is 1.88. The van der Waals surface area contributed by atoms with Gasteiger partial charge in [-0.1, -0.05) is 28.2 Å². The number of nitrogens with zero attached hydrogens (tertiary/aromatic N) is 4. The summed E-state index contributed by atoms with van der Waals surface area (Å²) in [5, 5.41) is 10.9. The van der Waals surface area contributed by atoms with Crippen molar-refractivity contribution in [2.75, 3.05) is 23.1 Å². The fourth-order valence-electron chi connectivity index (χ4n) is 3.09. The number of anilines is 3. The number of hydrogen-bond donors (Lipinski definition) is 2. The first kappa shape index (κ1) is 21.1. The van der Waals surface area contributed by atoms with Crippen LogP contribution in [0.15, 0.2) is 35.0 Å². The van der Waals surface area contributed by atoms with Crippen LogP contribution in [-0.4, -0.2) is 48.0 Å². The third kappa shape index (κ3) is 4.35. The van der Waals surface area contributed by atoms with Crippen LogP contribution in [0.4, 0.5) is 21.8 Å². The van der Waals surface area contributed by atoms with Crippen LogP contribution >= 0.6 is 11.6 Å². The first-order chi connectivity index (χ1) is 14.6. The lowest BCUT2D eigenvalue weighted by molar-refractivity contribution is 0.588. The molecule has 31 heavy (non-hydrogen) atoms. The molecule has 9 nitrogen and oxygen atoms in total. The van der Waals surface area contributed by atoms with Crippen LogP contribution in [0.25, 0.3) is 22.5 Å². The Morgan fingerprint density at radius 2 is 2.10 bits per heavy atom. The Morgan fingerprint density at radius 1 is 1.32 bits per heavy atom. The van der Waals surface area contributed by atoms with Gasteiger partial charge in [-0.05, 0) is 18.2 Å². The van der Waals surface area contributed by atoms with Crippen molar-refractivity contribution in [3.8, 4) is 11.5 Å². The van der Waals surface area contributed by atoms with Crippen LogP contribution in [0.3, 0.4) is 0 Å². The van der Waals surface area contributed by atoms with Crippen molar-refractivity contribution in [1.29, 1.82) is 0 Å². The van der Waals surface area contributed by atoms with Crippen molar-refractivity contribution in [3.05, 3.63) is 41.4 Å². The molecule has 0 radical (unpaired) electrons. The second-order valence-electron chi connectivity index (χ2n) is 7.10. The summed E-state index contributed by atoms with van der Waals surface area (Å²) in [4.78, 5) is 4.13. The van der Waals surface area contributed by atoms with Crippen LogP contribution in [-0.2, 0) is 16.4 Å². The molecule has 0 spiro atoms. The minimum atomic E-state index is -3.22. The number of hydrogen-bond acceptors (Lipinski definition) is 8. The number of nitrogens with one attached hydrogen (secondary N) is 1. The van der Waals surface area contributed by atoms with Crippen molar-refractivity contribution in [2.45, 2.75) is 6.54 Å². The van der Waals surface area contributed by atoms with E-state index in [1.165, 1.54) is 6.33 Å². The smallest absolute Gasteiger partial charge is 0.313 e. The lowest BCUT2D eigenvalue weighted by Crippen LogP contribution is -2.10. The van der Waals surface area contributed by atoms with Gasteiger partial charge < -0.3 is 20.0 Å². The molecule has 2 heterocycles. The Hall–Kier alpha value is -3.12. The number of aryl methyl sites for hydroxylation is 1. The first-order valence-electron chi connectivity index (χ1n) is 9.10. The van der Waals surface area contributed by atoms with Crippen LogP contribution in [0.1, 0.15) is 0 Å². The second kappa shape index (κ2) is 7.86. The molecule has 0 saturated heterocycles. The third-order valence-electron chi connectivity index (χ3n) is 4.61. The van der Waals surface area contributed by atoms with Crippen LogP contribution < -0.4 is 16.5 Å². The molecule has 0 aliphatic carbocycles. The molecule has 0 fully saturated rings. The third-order valence-corrected chi connectivity index (χ3v) is 5.85. The van der Waals surface area contributed by atoms with Gasteiger partial charge in [-0.25, -0.2) is 17.8 Å². The summed E-state index contributed by atoms with van der Waals surface area (Å²) in [6.07, 6.45) is 2.51. The van der Waals surface area contributed by atoms with Gasteiger partial charge in [-0.15, -0.1) is 5.10 Å². The molecule has 0 aliphatic rings. The van der Waals surface area contributed by atoms with E-state index in [2.05, 4.69) is 20.5 Å². The van der Waals surface area contributed by atoms with Crippen molar-refractivity contribution >= 4 is 63.2 Å². The molecule has 0 unspecified atom stereocenters. The number of fused-ring (bicyclic) bond motifs is 1. The predicted octanol–water partition coefficient (Wildman–Crippen LogP) is 1.51. The molecule has 13 heteroatoms. The lowest BCUT2D eigenvalue weighted by atomic mass is 9.96. The van der Waals surface area contributed by atoms with Gasteiger partial charge in [0.05, 0.1) is 39.6 Å². The minimum Gasteiger partial charge on any atom is -0.403 e. The molecule has 4 rings (SSSR count). The van der Waals surface area contributed by atoms with E-state index in [4.69, 9.17) is 21.8 Å². The number of benzene rings is 2. The van der Waals surface area contributed by atoms with Crippen molar-refractivity contribution in [1.82, 2.24) is 19.7 Å². The highest BCUT2D eigenvalue weighted by Crippen LogP contribution is 2.38. The van der Waals surface area contributed by atoms with Gasteiger partial charge in [0.2, 0.25) is 0 Å². The Bertz CT molecular complexity index is 1410. The highest BCUT2D eigenvalue weighted by Gasteiger charge is 2.23. The second-order valence-corrected chi connectivity index (χ2v) is 9.77. The number of sulfone groups is 1. The number of imidazole rings is 1. The summed E-state index contributed by atoms with van der Waals surface area (Å²) in [5.41, 5.74) is 7.64. The lowest BCUT2D eigenvalue weighted by Gasteiger charge is -2.14. The van der Waals surface area contributed by atoms with Crippen molar-refractivity contribution in [3.63, 3.8) is 0 Å². The fourth-order valence-corrected chi connectivity index (χ4v) is 3.90. The topological polar surface area (TPSA) is 129 Å². The maximum atomic E-state index is 15.6. The van der Waals surface area contributed by atoms with Crippen molar-refractivity contribution < 1.29 is 17.2 Å². The number of rotatable bonds is 6. The Kier molecular flexibility index (Phi) is 5.35. The van der Waals surface area contributed by atoms with E-state index in [1.54, 1.807) is 22.8 Å². The zero-order valence-corrected chi connectivity index (χ0v) is 18.1. The van der Waals surface area contributed by atoms with Gasteiger partial charge in [0.15, 0.2) is 5.82 Å². The molecule has 0 amide bonds. The molecule has 0 atom stereocenters. The molecule has 160 valence electrons. The molecule has 2 aromatic carbocycles. The summed E-state index contributed by atoms with van der Waals surface area (Å²) in [6.45, 7) is 0.108. The molecule has 0 aliphatic heterocycles. The maximum absolute atomic E-state index is 15.6. The number of nitrogens with two attached hydrogens (primary N) is 1. The van der Waals surface area contributed by atoms with Crippen LogP contribution in [0.5, 0.6) is 0 Å². The number of halogens is 2. The number of nitrogen functional groups attached to an aromatic ring is 1. The summed E-state index contributed by atoms with van der Waals surface area (Å²) in [7, 11) is -1.33. The normalized spacial score (nSPS) is 11.8. The van der Waals surface area contributed by atoms with E-state index >= 15 is 4.39 Å². The SMILES string of the molecule is Bc1ccc(Nc2c(-c3nnc(N)o3)cc3c(ncn3CCS(C)(=O)=O)c2F)c(Cl)c1. The fraction of sp³-hybridized carbons (Fsp3) is 0.167. The van der Waals surface area contributed by atoms with E-state index in [0.29, 0.717) is 16.2 Å². The first-order valence-corrected chi connectivity index (χ1v) is 11.5. The van der Waals surface area contributed by atoms with Crippen LogP contribution in [0.2, 0.25) is 5.02 Å². The van der Waals surface area contributed by atoms with Gasteiger partial charge in [0.25, 0.3) is 5.89 Å². The molecular formula is C18H17BClFN6O3S. The molecule has 3 N–H and O–H groups in total. The van der Waals surface area contributed by atoms with Gasteiger partial charge in [0, 0.05) is 12.8 Å². The summed E-state index contributed by atoms with van der Waals surface area (Å²) >= 11 is 6.31. The largest absolute Gasteiger partial charge is 0.403 e. The van der Waals surface area contributed by atoms with E-state index in [-0.39, 0.29) is 41.0 Å². The van der Waals surface area contributed by atoms with E-state index in [9.17, 15) is 8.42 Å². The zero-order valence-electron chi connectivity index (χ0n) is 16.6. The number of aromatic nitrogens is 4. The van der Waals surface area contributed by atoms with E-state index < -0.39 is 15.7 Å². The van der Waals surface area contributed by atoms with E-state index in [0.717, 1.165) is 11.7 Å². The monoisotopic (exact) mass is 462 g/mol. The summed E-state index contributed by atoms with van der Waals surface area (Å²) in [6, 6.07) is 6.70. The molecule has 0 saturated carbocycles. The average molecular weight is 463 g/mol. The average Bonchev–Trinajstić information content (AvgIpc) is 3.29. The molecule has 2 aromatic heterocycles. The zero-order chi connectivity index (χ0) is 22.3. The Morgan fingerprint density at radius 3 is 2.74 bits per heavy atom. The van der Waals surface area contributed by atoms with Crippen LogP contribution in [0, 0.1) is 5.82 Å². The van der Waals surface area contributed by atoms with Gasteiger partial charge in [-0.2, -0.15) is 0 Å². The van der Waals surface area contributed by atoms with Gasteiger partial charge >= 0.3 is 6.01 Å². The van der Waals surface area contributed by atoms with Crippen molar-refractivity contribution in [2.24, 2.45) is 0 Å². The standard InChI is InChI=1S/C18H17BClFN6O3S/c1-31(28,29)5-4-27-8-23-16-13(27)7-10(17-25-26-18(22)30-17)15(14(16)21)24-12-3-2-9(19)6-11(12)20/h2-3,6-8,24H,4-5,19H2,1H3,(H2,22,26). The van der Waals surface area contributed by atoms with Gasteiger partial charge in [-0.3, -0.25) is 0 Å². The maximum Gasteiger partial charge on any atom is 0.313 e. The van der Waals surface area contributed by atoms with E-state index in [1.807, 2.05) is 13.9 Å². The highest BCUT2D eigenvalue weighted by atomic mass is 35.5. The van der Waals surface area contributed by atoms with Gasteiger partial charge in [0.1, 0.15) is 23.2 Å². The summed E-state index contributed by atoms with van der Waals surface area (Å²) in [5.74, 6) is -0.819. The molecule has 0 bridgehead atoms. The quantitative estimate of drug-likeness (QED) is 0.413. The summed E-state index contributed by atoms with van der Waals surface area (Å²) < 4.78 is 45.6. The Labute approximate surface area is 182 Å². The predicted molar refractivity (Wildman–Crippen MR) is 120 cm³/mol. The minimum absolute atomic E-state index is 0.0140. The molecule has 4 aromatic rings.